The lowest BCUT2D eigenvalue weighted by Gasteiger charge is -2.26. The Morgan fingerprint density at radius 3 is 2.30 bits per heavy atom. The van der Waals surface area contributed by atoms with Gasteiger partial charge in [0.1, 0.15) is 5.75 Å². The lowest BCUT2D eigenvalue weighted by Crippen LogP contribution is -2.44. The average molecular weight is 418 g/mol. The molecule has 0 spiro atoms. The molecular formula is C23H35N3O4. The molecule has 30 heavy (non-hydrogen) atoms. The van der Waals surface area contributed by atoms with Crippen molar-refractivity contribution in [3.8, 4) is 5.75 Å². The Kier molecular flexibility index (Phi) is 8.26. The summed E-state index contributed by atoms with van der Waals surface area (Å²) in [6, 6.07) is 7.09. The van der Waals surface area contributed by atoms with E-state index in [-0.39, 0.29) is 48.2 Å². The number of hydrogen-bond donors (Lipinski definition) is 2. The Balaban J connectivity index is 1.79. The second kappa shape index (κ2) is 10.5. The smallest absolute Gasteiger partial charge is 0.243 e. The van der Waals surface area contributed by atoms with Crippen LogP contribution in [0.4, 0.5) is 5.69 Å². The molecule has 166 valence electrons. The molecule has 1 atom stereocenters. The molecular weight excluding hydrogens is 382 g/mol. The molecule has 0 unspecified atom stereocenters. The summed E-state index contributed by atoms with van der Waals surface area (Å²) in [5.74, 6) is 0.340. The standard InChI is InChI=1S/C23H35N3O4/c1-16(13-23(2,3)4)12-22(29)26(18-8-9-18)15-21(28)24-14-20(27)25-17-6-10-19(30-5)11-7-17/h6-7,10-11,16,18H,8-9,12-15H2,1-5H3,(H,24,28)(H,25,27)/t16-/m1/s1. The van der Waals surface area contributed by atoms with Gasteiger partial charge in [-0.15, -0.1) is 0 Å². The predicted octanol–water partition coefficient (Wildman–Crippen LogP) is 3.20. The molecule has 1 fully saturated rings. The van der Waals surface area contributed by atoms with Gasteiger partial charge in [-0.1, -0.05) is 27.7 Å². The highest BCUT2D eigenvalue weighted by Gasteiger charge is 2.34. The molecule has 0 saturated heterocycles. The van der Waals surface area contributed by atoms with Gasteiger partial charge in [-0.25, -0.2) is 0 Å². The SMILES string of the molecule is COc1ccc(NC(=O)CNC(=O)CN(C(=O)C[C@@H](C)CC(C)(C)C)C2CC2)cc1. The van der Waals surface area contributed by atoms with Crippen molar-refractivity contribution in [1.29, 1.82) is 0 Å². The van der Waals surface area contributed by atoms with Gasteiger partial charge in [-0.05, 0) is 54.9 Å². The Morgan fingerprint density at radius 1 is 1.13 bits per heavy atom. The van der Waals surface area contributed by atoms with Crippen LogP contribution >= 0.6 is 0 Å². The number of ether oxygens (including phenoxy) is 1. The van der Waals surface area contributed by atoms with E-state index in [9.17, 15) is 14.4 Å². The van der Waals surface area contributed by atoms with Crippen molar-refractivity contribution >= 4 is 23.4 Å². The van der Waals surface area contributed by atoms with Crippen LogP contribution in [0, 0.1) is 11.3 Å². The highest BCUT2D eigenvalue weighted by atomic mass is 16.5. The van der Waals surface area contributed by atoms with E-state index in [1.165, 1.54) is 0 Å². The van der Waals surface area contributed by atoms with Crippen LogP contribution in [0.3, 0.4) is 0 Å². The summed E-state index contributed by atoms with van der Waals surface area (Å²) in [6.45, 7) is 8.43. The van der Waals surface area contributed by atoms with Crippen LogP contribution in [0.15, 0.2) is 24.3 Å². The van der Waals surface area contributed by atoms with E-state index in [0.29, 0.717) is 17.9 Å². The van der Waals surface area contributed by atoms with Crippen LogP contribution in [-0.2, 0) is 14.4 Å². The van der Waals surface area contributed by atoms with Crippen LogP contribution in [-0.4, -0.2) is 48.9 Å². The van der Waals surface area contributed by atoms with E-state index in [0.717, 1.165) is 19.3 Å². The van der Waals surface area contributed by atoms with Crippen molar-refractivity contribution in [3.63, 3.8) is 0 Å². The summed E-state index contributed by atoms with van der Waals surface area (Å²) >= 11 is 0. The van der Waals surface area contributed by atoms with E-state index in [2.05, 4.69) is 38.3 Å². The number of nitrogens with zero attached hydrogens (tertiary/aromatic N) is 1. The number of carbonyl (C=O) groups excluding carboxylic acids is 3. The van der Waals surface area contributed by atoms with Gasteiger partial charge in [0.25, 0.3) is 0 Å². The number of anilines is 1. The van der Waals surface area contributed by atoms with Gasteiger partial charge in [0.05, 0.1) is 20.2 Å². The summed E-state index contributed by atoms with van der Waals surface area (Å²) < 4.78 is 5.08. The molecule has 1 aromatic rings. The molecule has 0 bridgehead atoms. The zero-order chi connectivity index (χ0) is 22.3. The monoisotopic (exact) mass is 417 g/mol. The molecule has 1 saturated carbocycles. The first-order valence-electron chi connectivity index (χ1n) is 10.6. The van der Waals surface area contributed by atoms with E-state index in [4.69, 9.17) is 4.74 Å². The molecule has 2 N–H and O–H groups in total. The minimum absolute atomic E-state index is 0.00154. The molecule has 0 aromatic heterocycles. The Hall–Kier alpha value is -2.57. The second-order valence-electron chi connectivity index (χ2n) is 9.38. The van der Waals surface area contributed by atoms with Crippen molar-refractivity contribution < 1.29 is 19.1 Å². The number of methoxy groups -OCH3 is 1. The van der Waals surface area contributed by atoms with Crippen molar-refractivity contribution in [3.05, 3.63) is 24.3 Å². The third kappa shape index (κ3) is 8.43. The third-order valence-corrected chi connectivity index (χ3v) is 4.93. The fraction of sp³-hybridized carbons (Fsp3) is 0.609. The molecule has 3 amide bonds. The van der Waals surface area contributed by atoms with E-state index in [1.807, 2.05) is 0 Å². The van der Waals surface area contributed by atoms with Crippen molar-refractivity contribution in [1.82, 2.24) is 10.2 Å². The largest absolute Gasteiger partial charge is 0.497 e. The zero-order valence-corrected chi connectivity index (χ0v) is 18.8. The van der Waals surface area contributed by atoms with Gasteiger partial charge in [0, 0.05) is 18.2 Å². The maximum absolute atomic E-state index is 12.7. The first-order valence-corrected chi connectivity index (χ1v) is 10.6. The van der Waals surface area contributed by atoms with Gasteiger partial charge in [-0.3, -0.25) is 14.4 Å². The molecule has 0 aliphatic heterocycles. The molecule has 2 rings (SSSR count). The number of nitrogens with one attached hydrogen (secondary N) is 2. The molecule has 0 radical (unpaired) electrons. The van der Waals surface area contributed by atoms with Crippen LogP contribution < -0.4 is 15.4 Å². The van der Waals surface area contributed by atoms with E-state index >= 15 is 0 Å². The van der Waals surface area contributed by atoms with Crippen molar-refractivity contribution in [2.75, 3.05) is 25.5 Å². The molecule has 1 aliphatic rings. The van der Waals surface area contributed by atoms with Gasteiger partial charge in [0.2, 0.25) is 17.7 Å². The molecule has 7 heteroatoms. The second-order valence-corrected chi connectivity index (χ2v) is 9.38. The Bertz CT molecular complexity index is 736. The predicted molar refractivity (Wildman–Crippen MR) is 117 cm³/mol. The average Bonchev–Trinajstić information content (AvgIpc) is 3.48. The Morgan fingerprint density at radius 2 is 1.77 bits per heavy atom. The number of hydrogen-bond acceptors (Lipinski definition) is 4. The highest BCUT2D eigenvalue weighted by Crippen LogP contribution is 2.30. The van der Waals surface area contributed by atoms with Crippen LogP contribution in [0.1, 0.15) is 53.4 Å². The summed E-state index contributed by atoms with van der Waals surface area (Å²) in [6.07, 6.45) is 3.27. The van der Waals surface area contributed by atoms with E-state index < -0.39 is 0 Å². The van der Waals surface area contributed by atoms with Crippen molar-refractivity contribution in [2.24, 2.45) is 11.3 Å². The zero-order valence-electron chi connectivity index (χ0n) is 18.8. The topological polar surface area (TPSA) is 87.7 Å². The number of carbonyl (C=O) groups is 3. The number of amides is 3. The van der Waals surface area contributed by atoms with Crippen LogP contribution in [0.25, 0.3) is 0 Å². The summed E-state index contributed by atoms with van der Waals surface area (Å²) in [5.41, 5.74) is 0.788. The summed E-state index contributed by atoms with van der Waals surface area (Å²) in [7, 11) is 1.57. The van der Waals surface area contributed by atoms with Crippen LogP contribution in [0.5, 0.6) is 5.75 Å². The quantitative estimate of drug-likeness (QED) is 0.612. The summed E-state index contributed by atoms with van der Waals surface area (Å²) in [5, 5.41) is 5.33. The van der Waals surface area contributed by atoms with Crippen molar-refractivity contribution in [2.45, 2.75) is 59.4 Å². The maximum Gasteiger partial charge on any atom is 0.243 e. The van der Waals surface area contributed by atoms with Gasteiger partial charge >= 0.3 is 0 Å². The first-order chi connectivity index (χ1) is 14.1. The van der Waals surface area contributed by atoms with Gasteiger partial charge in [0.15, 0.2) is 0 Å². The lowest BCUT2D eigenvalue weighted by molar-refractivity contribution is -0.137. The number of benzene rings is 1. The maximum atomic E-state index is 12.7. The third-order valence-electron chi connectivity index (χ3n) is 4.93. The molecule has 1 aliphatic carbocycles. The van der Waals surface area contributed by atoms with E-state index in [1.54, 1.807) is 36.3 Å². The molecule has 1 aromatic carbocycles. The van der Waals surface area contributed by atoms with Gasteiger partial charge < -0.3 is 20.3 Å². The van der Waals surface area contributed by atoms with Crippen LogP contribution in [0.2, 0.25) is 0 Å². The fourth-order valence-corrected chi connectivity index (χ4v) is 3.61. The lowest BCUT2D eigenvalue weighted by atomic mass is 9.84. The van der Waals surface area contributed by atoms with Gasteiger partial charge in [-0.2, -0.15) is 0 Å². The normalized spacial score (nSPS) is 14.6. The minimum Gasteiger partial charge on any atom is -0.497 e. The number of rotatable bonds is 10. The minimum atomic E-state index is -0.323. The Labute approximate surface area is 179 Å². The highest BCUT2D eigenvalue weighted by molar-refractivity contribution is 5.95. The summed E-state index contributed by atoms with van der Waals surface area (Å²) in [4.78, 5) is 38.8. The molecule has 0 heterocycles. The first kappa shape index (κ1) is 23.7. The molecule has 7 nitrogen and oxygen atoms in total. The fourth-order valence-electron chi connectivity index (χ4n) is 3.61.